The van der Waals surface area contributed by atoms with Crippen LogP contribution < -0.4 is 20.7 Å². The second-order valence-corrected chi connectivity index (χ2v) is 8.70. The number of hydrogen-bond acceptors (Lipinski definition) is 7. The zero-order valence-electron chi connectivity index (χ0n) is 17.6. The van der Waals surface area contributed by atoms with Crippen molar-refractivity contribution in [1.29, 1.82) is 0 Å². The minimum Gasteiger partial charge on any atom is -0.494 e. The van der Waals surface area contributed by atoms with Crippen LogP contribution >= 0.6 is 22.9 Å². The van der Waals surface area contributed by atoms with Gasteiger partial charge in [-0.2, -0.15) is 0 Å². The minimum absolute atomic E-state index is 0.240. The van der Waals surface area contributed by atoms with E-state index in [4.69, 9.17) is 16.3 Å². The van der Waals surface area contributed by atoms with Crippen molar-refractivity contribution in [2.45, 2.75) is 13.3 Å². The molecule has 0 radical (unpaired) electrons. The van der Waals surface area contributed by atoms with Crippen molar-refractivity contribution in [3.8, 4) is 5.75 Å². The average molecular weight is 470 g/mol. The third-order valence-corrected chi connectivity index (χ3v) is 6.08. The Hall–Kier alpha value is -3.23. The van der Waals surface area contributed by atoms with Gasteiger partial charge in [-0.3, -0.25) is 4.79 Å². The van der Waals surface area contributed by atoms with E-state index in [1.807, 2.05) is 55.7 Å². The fraction of sp³-hybridized carbons (Fsp3) is 0.217. The molecular formula is C23H24ClN5O2S. The van der Waals surface area contributed by atoms with Crippen LogP contribution in [0.4, 0.5) is 16.5 Å². The third kappa shape index (κ3) is 5.72. The number of aryl methyl sites for hydroxylation is 1. The molecule has 3 aromatic rings. The molecule has 3 N–H and O–H groups in total. The van der Waals surface area contributed by atoms with Crippen LogP contribution in [0.1, 0.15) is 21.7 Å². The summed E-state index contributed by atoms with van der Waals surface area (Å²) in [5, 5.41) is 10.4. The number of anilines is 3. The highest BCUT2D eigenvalue weighted by atomic mass is 35.5. The van der Waals surface area contributed by atoms with E-state index in [-0.39, 0.29) is 5.91 Å². The smallest absolute Gasteiger partial charge is 0.267 e. The van der Waals surface area contributed by atoms with E-state index >= 15 is 0 Å². The lowest BCUT2D eigenvalue weighted by atomic mass is 10.2. The summed E-state index contributed by atoms with van der Waals surface area (Å²) >= 11 is 7.48. The summed E-state index contributed by atoms with van der Waals surface area (Å²) in [5.74, 6) is 0.579. The van der Waals surface area contributed by atoms with Gasteiger partial charge in [0.2, 0.25) is 0 Å². The zero-order chi connectivity index (χ0) is 22.3. The molecule has 0 spiro atoms. The van der Waals surface area contributed by atoms with Gasteiger partial charge in [-0.1, -0.05) is 35.1 Å². The van der Waals surface area contributed by atoms with Crippen LogP contribution in [0.3, 0.4) is 0 Å². The number of ether oxygens (including phenoxy) is 1. The van der Waals surface area contributed by atoms with Crippen LogP contribution in [0, 0.1) is 6.92 Å². The molecule has 2 aromatic carbocycles. The molecule has 0 fully saturated rings. The topological polar surface area (TPSA) is 78.5 Å². The molecule has 7 nitrogen and oxygen atoms in total. The van der Waals surface area contributed by atoms with E-state index in [0.717, 1.165) is 36.6 Å². The monoisotopic (exact) mass is 469 g/mol. The van der Waals surface area contributed by atoms with E-state index < -0.39 is 0 Å². The molecule has 0 unspecified atom stereocenters. The first-order valence-electron chi connectivity index (χ1n) is 10.2. The minimum atomic E-state index is -0.240. The van der Waals surface area contributed by atoms with Crippen LogP contribution in [0.25, 0.3) is 0 Å². The van der Waals surface area contributed by atoms with E-state index in [1.165, 1.54) is 11.3 Å². The van der Waals surface area contributed by atoms with E-state index in [0.29, 0.717) is 27.3 Å². The molecule has 1 aliphatic rings. The van der Waals surface area contributed by atoms with Crippen molar-refractivity contribution in [2.75, 3.05) is 30.5 Å². The van der Waals surface area contributed by atoms with E-state index in [9.17, 15) is 4.79 Å². The molecule has 0 bridgehead atoms. The van der Waals surface area contributed by atoms with Gasteiger partial charge in [0.15, 0.2) is 5.13 Å². The number of halogens is 1. The SMILES string of the molecule is Cc1cccc(Cl)c1NC(=O)c1cnc(Nc2ccc(OCCCN3C=CNC3)cc2)s1. The number of benzene rings is 2. The van der Waals surface area contributed by atoms with Crippen molar-refractivity contribution in [1.82, 2.24) is 15.2 Å². The van der Waals surface area contributed by atoms with E-state index in [2.05, 4.69) is 25.8 Å². The predicted molar refractivity (Wildman–Crippen MR) is 130 cm³/mol. The molecular weight excluding hydrogens is 446 g/mol. The Kier molecular flexibility index (Phi) is 7.14. The van der Waals surface area contributed by atoms with Gasteiger partial charge in [-0.15, -0.1) is 0 Å². The molecule has 0 saturated carbocycles. The highest BCUT2D eigenvalue weighted by molar-refractivity contribution is 7.17. The second-order valence-electron chi connectivity index (χ2n) is 7.26. The summed E-state index contributed by atoms with van der Waals surface area (Å²) in [4.78, 5) is 19.6. The lowest BCUT2D eigenvalue weighted by molar-refractivity contribution is 0.103. The van der Waals surface area contributed by atoms with Crippen molar-refractivity contribution >= 4 is 45.4 Å². The van der Waals surface area contributed by atoms with Crippen molar-refractivity contribution in [3.63, 3.8) is 0 Å². The Morgan fingerprint density at radius 2 is 2.12 bits per heavy atom. The quantitative estimate of drug-likeness (QED) is 0.374. The standard InChI is InChI=1S/C23H24ClN5O2S/c1-16-4-2-5-19(24)21(16)28-22(30)20-14-26-23(32-20)27-17-6-8-18(9-7-17)31-13-3-11-29-12-10-25-15-29/h2,4-10,12,14,25H,3,11,13,15H2,1H3,(H,26,27)(H,28,30). The highest BCUT2D eigenvalue weighted by Crippen LogP contribution is 2.28. The number of carbonyl (C=O) groups is 1. The number of amides is 1. The van der Waals surface area contributed by atoms with Crippen LogP contribution in [-0.4, -0.2) is 35.6 Å². The molecule has 2 heterocycles. The summed E-state index contributed by atoms with van der Waals surface area (Å²) in [6, 6.07) is 13.2. The van der Waals surface area contributed by atoms with Crippen molar-refractivity contribution in [3.05, 3.63) is 76.5 Å². The molecule has 4 rings (SSSR count). The maximum absolute atomic E-state index is 12.6. The lowest BCUT2D eigenvalue weighted by Crippen LogP contribution is -2.22. The van der Waals surface area contributed by atoms with Gasteiger partial charge in [0.25, 0.3) is 5.91 Å². The summed E-state index contributed by atoms with van der Waals surface area (Å²) in [6.45, 7) is 4.38. The summed E-state index contributed by atoms with van der Waals surface area (Å²) in [5.41, 5.74) is 2.39. The number of rotatable bonds is 9. The Morgan fingerprint density at radius 3 is 2.88 bits per heavy atom. The molecule has 0 aliphatic carbocycles. The molecule has 1 amide bonds. The van der Waals surface area contributed by atoms with Gasteiger partial charge in [-0.05, 0) is 49.2 Å². The third-order valence-electron chi connectivity index (χ3n) is 4.85. The summed E-state index contributed by atoms with van der Waals surface area (Å²) in [6.07, 6.45) is 6.50. The molecule has 1 aliphatic heterocycles. The Morgan fingerprint density at radius 1 is 1.28 bits per heavy atom. The average Bonchev–Trinajstić information content (AvgIpc) is 3.47. The first kappa shape index (κ1) is 22.0. The predicted octanol–water partition coefficient (Wildman–Crippen LogP) is 5.20. The fourth-order valence-electron chi connectivity index (χ4n) is 3.15. The summed E-state index contributed by atoms with van der Waals surface area (Å²) < 4.78 is 5.81. The van der Waals surface area contributed by atoms with Crippen LogP contribution in [-0.2, 0) is 0 Å². The van der Waals surface area contributed by atoms with Crippen molar-refractivity contribution < 1.29 is 9.53 Å². The van der Waals surface area contributed by atoms with Crippen molar-refractivity contribution in [2.24, 2.45) is 0 Å². The zero-order valence-corrected chi connectivity index (χ0v) is 19.2. The van der Waals surface area contributed by atoms with Gasteiger partial charge in [0, 0.05) is 24.6 Å². The van der Waals surface area contributed by atoms with Crippen LogP contribution in [0.15, 0.2) is 61.1 Å². The number of hydrogen-bond donors (Lipinski definition) is 3. The largest absolute Gasteiger partial charge is 0.494 e. The Balaban J connectivity index is 1.27. The van der Waals surface area contributed by atoms with Crippen LogP contribution in [0.5, 0.6) is 5.75 Å². The highest BCUT2D eigenvalue weighted by Gasteiger charge is 2.14. The first-order valence-corrected chi connectivity index (χ1v) is 11.4. The lowest BCUT2D eigenvalue weighted by Gasteiger charge is -2.14. The molecule has 32 heavy (non-hydrogen) atoms. The van der Waals surface area contributed by atoms with Gasteiger partial charge in [-0.25, -0.2) is 4.98 Å². The maximum Gasteiger partial charge on any atom is 0.267 e. The maximum atomic E-state index is 12.6. The number of para-hydroxylation sites is 1. The first-order chi connectivity index (χ1) is 15.6. The molecule has 166 valence electrons. The number of thiazole rings is 1. The Labute approximate surface area is 196 Å². The van der Waals surface area contributed by atoms with Gasteiger partial charge in [0.05, 0.1) is 30.2 Å². The number of nitrogens with zero attached hydrogens (tertiary/aromatic N) is 2. The fourth-order valence-corrected chi connectivity index (χ4v) is 4.15. The molecule has 9 heteroatoms. The molecule has 1 aromatic heterocycles. The summed E-state index contributed by atoms with van der Waals surface area (Å²) in [7, 11) is 0. The second kappa shape index (κ2) is 10.4. The molecule has 0 saturated heterocycles. The number of aromatic nitrogens is 1. The van der Waals surface area contributed by atoms with Crippen LogP contribution in [0.2, 0.25) is 5.02 Å². The molecule has 0 atom stereocenters. The van der Waals surface area contributed by atoms with Gasteiger partial charge >= 0.3 is 0 Å². The number of nitrogens with one attached hydrogen (secondary N) is 3. The normalized spacial score (nSPS) is 12.5. The Bertz CT molecular complexity index is 1080. The van der Waals surface area contributed by atoms with E-state index in [1.54, 1.807) is 12.3 Å². The van der Waals surface area contributed by atoms with Gasteiger partial charge in [0.1, 0.15) is 10.6 Å². The van der Waals surface area contributed by atoms with Gasteiger partial charge < -0.3 is 25.6 Å². The number of carbonyl (C=O) groups excluding carboxylic acids is 1.